The van der Waals surface area contributed by atoms with Gasteiger partial charge in [0.1, 0.15) is 17.1 Å². The lowest BCUT2D eigenvalue weighted by Crippen LogP contribution is -2.35. The summed E-state index contributed by atoms with van der Waals surface area (Å²) in [6.07, 6.45) is 2.08. The molecule has 7 nitrogen and oxygen atoms in total. The minimum Gasteiger partial charge on any atom is -0.497 e. The molecule has 0 unspecified atom stereocenters. The minimum absolute atomic E-state index is 0.0887. The largest absolute Gasteiger partial charge is 0.497 e. The molecule has 0 spiro atoms. The highest BCUT2D eigenvalue weighted by Gasteiger charge is 2.16. The number of methoxy groups -OCH3 is 1. The van der Waals surface area contributed by atoms with Crippen molar-refractivity contribution in [1.82, 2.24) is 5.32 Å². The van der Waals surface area contributed by atoms with E-state index in [1.165, 1.54) is 0 Å². The number of nitrogens with one attached hydrogen (secondary N) is 1. The lowest BCUT2D eigenvalue weighted by Gasteiger charge is -2.11. The average Bonchev–Trinajstić information content (AvgIpc) is 3.24. The molecule has 0 saturated carbocycles. The first-order valence-electron chi connectivity index (χ1n) is 9.20. The summed E-state index contributed by atoms with van der Waals surface area (Å²) in [7, 11) is 1.55. The van der Waals surface area contributed by atoms with Crippen molar-refractivity contribution >= 4 is 27.6 Å². The molecule has 0 aliphatic carbocycles. The Morgan fingerprint density at radius 2 is 1.96 bits per heavy atom. The maximum Gasteiger partial charge on any atom is 0.344 e. The zero-order valence-electron chi connectivity index (χ0n) is 15.5. The Labute approximate surface area is 161 Å². The quantitative estimate of drug-likeness (QED) is 0.520. The lowest BCUT2D eigenvalue weighted by atomic mass is 10.1. The molecule has 4 rings (SSSR count). The van der Waals surface area contributed by atoms with E-state index in [1.807, 2.05) is 12.1 Å². The number of rotatable bonds is 6. The molecule has 146 valence electrons. The number of benzene rings is 2. The van der Waals surface area contributed by atoms with E-state index in [-0.39, 0.29) is 18.6 Å². The van der Waals surface area contributed by atoms with Crippen molar-refractivity contribution < 1.29 is 23.4 Å². The Kier molecular flexibility index (Phi) is 5.16. The molecule has 1 atom stereocenters. The molecule has 1 aliphatic rings. The van der Waals surface area contributed by atoms with Crippen LogP contribution in [0.15, 0.2) is 45.6 Å². The van der Waals surface area contributed by atoms with Crippen molar-refractivity contribution in [3.8, 4) is 11.5 Å². The number of hydrogen-bond acceptors (Lipinski definition) is 6. The second-order valence-corrected chi connectivity index (χ2v) is 6.69. The van der Waals surface area contributed by atoms with Crippen molar-refractivity contribution in [2.75, 3.05) is 26.9 Å². The first kappa shape index (κ1) is 18.3. The van der Waals surface area contributed by atoms with Crippen LogP contribution in [0.1, 0.15) is 12.8 Å². The van der Waals surface area contributed by atoms with Crippen molar-refractivity contribution in [1.29, 1.82) is 0 Å². The molecule has 2 aromatic carbocycles. The molecule has 7 heteroatoms. The summed E-state index contributed by atoms with van der Waals surface area (Å²) in [6, 6.07) is 10.5. The van der Waals surface area contributed by atoms with Gasteiger partial charge in [0, 0.05) is 30.0 Å². The zero-order chi connectivity index (χ0) is 19.5. The molecule has 2 heterocycles. The van der Waals surface area contributed by atoms with Crippen LogP contribution in [0, 0.1) is 0 Å². The average molecular weight is 383 g/mol. The minimum atomic E-state index is -0.451. The molecule has 1 aliphatic heterocycles. The summed E-state index contributed by atoms with van der Waals surface area (Å²) >= 11 is 0. The maximum absolute atomic E-state index is 12.3. The van der Waals surface area contributed by atoms with Gasteiger partial charge in [-0.15, -0.1) is 0 Å². The second-order valence-electron chi connectivity index (χ2n) is 6.69. The van der Waals surface area contributed by atoms with Crippen molar-refractivity contribution in [3.63, 3.8) is 0 Å². The standard InChI is InChI=1S/C21H21NO6/c1-25-13-4-6-16-17-7-5-14(10-19(17)28-21(24)18(16)9-13)27-12-20(23)22-11-15-3-2-8-26-15/h4-7,9-10,15H,2-3,8,11-12H2,1H3,(H,22,23)/t15-/m0/s1. The SMILES string of the molecule is COc1ccc2c(c1)c(=O)oc1cc(OCC(=O)NC[C@@H]3CCCO3)ccc12. The van der Waals surface area contributed by atoms with Gasteiger partial charge in [0.25, 0.3) is 5.91 Å². The van der Waals surface area contributed by atoms with Gasteiger partial charge in [-0.25, -0.2) is 4.79 Å². The van der Waals surface area contributed by atoms with Crippen LogP contribution in [-0.2, 0) is 9.53 Å². The predicted molar refractivity (Wildman–Crippen MR) is 104 cm³/mol. The van der Waals surface area contributed by atoms with Crippen LogP contribution in [0.5, 0.6) is 11.5 Å². The van der Waals surface area contributed by atoms with E-state index in [4.69, 9.17) is 18.6 Å². The third-order valence-corrected chi connectivity index (χ3v) is 4.81. The summed E-state index contributed by atoms with van der Waals surface area (Å²) in [5.74, 6) is 0.826. The fraction of sp³-hybridized carbons (Fsp3) is 0.333. The molecule has 3 aromatic rings. The highest BCUT2D eigenvalue weighted by Crippen LogP contribution is 2.28. The van der Waals surface area contributed by atoms with E-state index in [9.17, 15) is 9.59 Å². The highest BCUT2D eigenvalue weighted by atomic mass is 16.5. The summed E-state index contributed by atoms with van der Waals surface area (Å²) in [5.41, 5.74) is -0.0483. The number of hydrogen-bond donors (Lipinski definition) is 1. The van der Waals surface area contributed by atoms with Crippen LogP contribution < -0.4 is 20.4 Å². The van der Waals surface area contributed by atoms with Gasteiger partial charge in [-0.2, -0.15) is 0 Å². The van der Waals surface area contributed by atoms with Crippen LogP contribution in [0.4, 0.5) is 0 Å². The Morgan fingerprint density at radius 1 is 1.14 bits per heavy atom. The van der Waals surface area contributed by atoms with Gasteiger partial charge in [-0.05, 0) is 43.2 Å². The number of fused-ring (bicyclic) bond motifs is 3. The maximum atomic E-state index is 12.3. The van der Waals surface area contributed by atoms with Crippen molar-refractivity contribution in [2.24, 2.45) is 0 Å². The molecule has 1 saturated heterocycles. The van der Waals surface area contributed by atoms with Crippen molar-refractivity contribution in [2.45, 2.75) is 18.9 Å². The lowest BCUT2D eigenvalue weighted by molar-refractivity contribution is -0.123. The fourth-order valence-corrected chi connectivity index (χ4v) is 3.34. The summed E-state index contributed by atoms with van der Waals surface area (Å²) < 4.78 is 21.6. The molecular weight excluding hydrogens is 362 g/mol. The molecule has 0 radical (unpaired) electrons. The third kappa shape index (κ3) is 3.80. The Balaban J connectivity index is 1.49. The first-order chi connectivity index (χ1) is 13.6. The first-order valence-corrected chi connectivity index (χ1v) is 9.20. The van der Waals surface area contributed by atoms with Gasteiger partial charge in [0.05, 0.1) is 18.6 Å². The van der Waals surface area contributed by atoms with E-state index in [0.29, 0.717) is 29.0 Å². The van der Waals surface area contributed by atoms with Crippen LogP contribution in [-0.4, -0.2) is 38.9 Å². The monoisotopic (exact) mass is 383 g/mol. The molecule has 1 fully saturated rings. The summed E-state index contributed by atoms with van der Waals surface area (Å²) in [4.78, 5) is 24.3. The number of carbonyl (C=O) groups is 1. The number of carbonyl (C=O) groups excluding carboxylic acids is 1. The van der Waals surface area contributed by atoms with Gasteiger partial charge < -0.3 is 23.9 Å². The Hall–Kier alpha value is -3.06. The topological polar surface area (TPSA) is 87.0 Å². The van der Waals surface area contributed by atoms with Gasteiger partial charge >= 0.3 is 5.63 Å². The second kappa shape index (κ2) is 7.90. The van der Waals surface area contributed by atoms with Gasteiger partial charge in [0.15, 0.2) is 6.61 Å². The van der Waals surface area contributed by atoms with Crippen LogP contribution in [0.2, 0.25) is 0 Å². The third-order valence-electron chi connectivity index (χ3n) is 4.81. The van der Waals surface area contributed by atoms with Crippen LogP contribution in [0.3, 0.4) is 0 Å². The molecule has 1 amide bonds. The fourth-order valence-electron chi connectivity index (χ4n) is 3.34. The van der Waals surface area contributed by atoms with Gasteiger partial charge in [0.2, 0.25) is 0 Å². The van der Waals surface area contributed by atoms with Crippen LogP contribution in [0.25, 0.3) is 21.7 Å². The number of amides is 1. The molecular formula is C21H21NO6. The van der Waals surface area contributed by atoms with Crippen molar-refractivity contribution in [3.05, 3.63) is 46.8 Å². The molecule has 1 N–H and O–H groups in total. The van der Waals surface area contributed by atoms with E-state index < -0.39 is 5.63 Å². The zero-order valence-corrected chi connectivity index (χ0v) is 15.5. The van der Waals surface area contributed by atoms with Crippen LogP contribution >= 0.6 is 0 Å². The Morgan fingerprint density at radius 3 is 2.75 bits per heavy atom. The van der Waals surface area contributed by atoms with E-state index >= 15 is 0 Å². The molecule has 28 heavy (non-hydrogen) atoms. The molecule has 1 aromatic heterocycles. The smallest absolute Gasteiger partial charge is 0.344 e. The molecule has 0 bridgehead atoms. The normalized spacial score (nSPS) is 16.4. The summed E-state index contributed by atoms with van der Waals surface area (Å²) in [5, 5.41) is 4.81. The van der Waals surface area contributed by atoms with E-state index in [0.717, 1.165) is 30.2 Å². The van der Waals surface area contributed by atoms with E-state index in [1.54, 1.807) is 31.4 Å². The number of ether oxygens (including phenoxy) is 3. The summed E-state index contributed by atoms with van der Waals surface area (Å²) in [6.45, 7) is 1.12. The van der Waals surface area contributed by atoms with Gasteiger partial charge in [-0.3, -0.25) is 4.79 Å². The Bertz CT molecular complexity index is 1070. The predicted octanol–water partition coefficient (Wildman–Crippen LogP) is 2.63. The van der Waals surface area contributed by atoms with E-state index in [2.05, 4.69) is 5.32 Å². The highest BCUT2D eigenvalue weighted by molar-refractivity contribution is 6.04. The van der Waals surface area contributed by atoms with Gasteiger partial charge in [-0.1, -0.05) is 0 Å².